The Kier molecular flexibility index (Phi) is 18.8. The molecule has 0 unspecified atom stereocenters. The van der Waals surface area contributed by atoms with Crippen LogP contribution < -0.4 is 0 Å². The average molecular weight is 718 g/mol. The van der Waals surface area contributed by atoms with Gasteiger partial charge in [-0.1, -0.05) is 207 Å². The highest BCUT2D eigenvalue weighted by atomic mass is 19.1. The lowest BCUT2D eigenvalue weighted by Gasteiger charge is -2.40. The van der Waals surface area contributed by atoms with Crippen molar-refractivity contribution in [2.45, 2.75) is 147 Å². The van der Waals surface area contributed by atoms with Gasteiger partial charge in [-0.15, -0.1) is 0 Å². The van der Waals surface area contributed by atoms with Crippen LogP contribution in [-0.4, -0.2) is 12.2 Å². The topological polar surface area (TPSA) is 42.2 Å². The third kappa shape index (κ3) is 14.2. The zero-order valence-electron chi connectivity index (χ0n) is 32.7. The Morgan fingerprint density at radius 2 is 0.962 bits per heavy atom. The van der Waals surface area contributed by atoms with Crippen molar-refractivity contribution in [3.63, 3.8) is 0 Å². The van der Waals surface area contributed by atoms with Gasteiger partial charge in [-0.2, -0.15) is 5.26 Å². The van der Waals surface area contributed by atoms with E-state index in [1.807, 2.05) is 18.2 Å². The standard InChI is InChI=1S/C49H64FNO2/c1-3-4-5-6-7-8-9-10-11-12-13-14-15-16-17-18-28-35-48(2,52-40-43-36-42(39-51)37-47(50)38-43)41-53-49(44-29-22-19-23-30-44,45-31-24-20-25-32-45)46-33-26-21-27-34-46/h19-27,29-34,36-38H,3-18,28,35,40-41H2,1-2H3/t48-/m1/s1. The van der Waals surface area contributed by atoms with Crippen molar-refractivity contribution < 1.29 is 13.9 Å². The number of hydrogen-bond acceptors (Lipinski definition) is 3. The van der Waals surface area contributed by atoms with Gasteiger partial charge in [0, 0.05) is 0 Å². The predicted octanol–water partition coefficient (Wildman–Crippen LogP) is 14.0. The van der Waals surface area contributed by atoms with E-state index < -0.39 is 17.0 Å². The fraction of sp³-hybridized carbons (Fsp3) is 0.490. The first kappa shape index (κ1) is 42.0. The van der Waals surface area contributed by atoms with E-state index in [1.165, 1.54) is 108 Å². The molecule has 4 rings (SSSR count). The molecular weight excluding hydrogens is 654 g/mol. The van der Waals surface area contributed by atoms with Crippen molar-refractivity contribution in [3.05, 3.63) is 143 Å². The zero-order valence-corrected chi connectivity index (χ0v) is 32.7. The number of hydrogen-bond donors (Lipinski definition) is 0. The minimum atomic E-state index is -0.866. The summed E-state index contributed by atoms with van der Waals surface area (Å²) in [4.78, 5) is 0. The maximum absolute atomic E-state index is 14.4. The van der Waals surface area contributed by atoms with E-state index in [9.17, 15) is 9.65 Å². The monoisotopic (exact) mass is 717 g/mol. The molecule has 4 aromatic carbocycles. The summed E-state index contributed by atoms with van der Waals surface area (Å²) < 4.78 is 28.3. The van der Waals surface area contributed by atoms with Crippen molar-refractivity contribution in [2.75, 3.05) is 6.61 Å². The summed E-state index contributed by atoms with van der Waals surface area (Å²) in [6.07, 6.45) is 23.4. The van der Waals surface area contributed by atoms with Crippen LogP contribution in [0.5, 0.6) is 0 Å². The molecule has 0 saturated heterocycles. The van der Waals surface area contributed by atoms with E-state index in [-0.39, 0.29) is 6.61 Å². The second kappa shape index (κ2) is 23.8. The third-order valence-corrected chi connectivity index (χ3v) is 10.6. The second-order valence-corrected chi connectivity index (χ2v) is 15.2. The number of ether oxygens (including phenoxy) is 2. The molecule has 53 heavy (non-hydrogen) atoms. The first-order valence-corrected chi connectivity index (χ1v) is 20.6. The molecule has 0 amide bonds. The van der Waals surface area contributed by atoms with E-state index in [1.54, 1.807) is 6.07 Å². The van der Waals surface area contributed by atoms with Gasteiger partial charge in [0.2, 0.25) is 0 Å². The van der Waals surface area contributed by atoms with Crippen LogP contribution in [0.25, 0.3) is 0 Å². The summed E-state index contributed by atoms with van der Waals surface area (Å²) in [5, 5.41) is 9.45. The van der Waals surface area contributed by atoms with Crippen LogP contribution in [0, 0.1) is 17.1 Å². The summed E-state index contributed by atoms with van der Waals surface area (Å²) in [5.74, 6) is -0.426. The Hall–Kier alpha value is -3.78. The van der Waals surface area contributed by atoms with E-state index in [4.69, 9.17) is 9.47 Å². The van der Waals surface area contributed by atoms with Crippen LogP contribution in [0.1, 0.15) is 157 Å². The fourth-order valence-corrected chi connectivity index (χ4v) is 7.50. The van der Waals surface area contributed by atoms with Crippen molar-refractivity contribution in [2.24, 2.45) is 0 Å². The molecule has 0 fully saturated rings. The highest BCUT2D eigenvalue weighted by molar-refractivity contribution is 5.47. The normalized spacial score (nSPS) is 12.7. The number of nitrogens with zero attached hydrogens (tertiary/aromatic N) is 1. The number of halogens is 1. The lowest BCUT2D eigenvalue weighted by Crippen LogP contribution is -2.41. The van der Waals surface area contributed by atoms with E-state index in [0.717, 1.165) is 36.0 Å². The van der Waals surface area contributed by atoms with Crippen molar-refractivity contribution in [1.29, 1.82) is 5.26 Å². The first-order chi connectivity index (χ1) is 26.0. The van der Waals surface area contributed by atoms with Crippen molar-refractivity contribution in [3.8, 4) is 6.07 Å². The Morgan fingerprint density at radius 3 is 1.38 bits per heavy atom. The van der Waals surface area contributed by atoms with Crippen LogP contribution in [0.3, 0.4) is 0 Å². The minimum Gasteiger partial charge on any atom is -0.368 e. The molecule has 0 aliphatic heterocycles. The maximum Gasteiger partial charge on any atom is 0.143 e. The summed E-state index contributed by atoms with van der Waals surface area (Å²) in [7, 11) is 0. The molecular formula is C49H64FNO2. The number of nitriles is 1. The number of unbranched alkanes of at least 4 members (excludes halogenated alkanes) is 16. The summed E-state index contributed by atoms with van der Waals surface area (Å²) in [6, 6.07) is 37.7. The van der Waals surface area contributed by atoms with Crippen LogP contribution in [0.4, 0.5) is 4.39 Å². The van der Waals surface area contributed by atoms with Crippen molar-refractivity contribution in [1.82, 2.24) is 0 Å². The third-order valence-electron chi connectivity index (χ3n) is 10.6. The van der Waals surface area contributed by atoms with Gasteiger partial charge in [-0.05, 0) is 53.8 Å². The Morgan fingerprint density at radius 1 is 0.547 bits per heavy atom. The lowest BCUT2D eigenvalue weighted by atomic mass is 9.80. The first-order valence-electron chi connectivity index (χ1n) is 20.6. The SMILES string of the molecule is CCCCCCCCCCCCCCCCCCC[C@](C)(COC(c1ccccc1)(c1ccccc1)c1ccccc1)OCc1cc(F)cc(C#N)c1. The van der Waals surface area contributed by atoms with Gasteiger partial charge >= 0.3 is 0 Å². The predicted molar refractivity (Wildman–Crippen MR) is 218 cm³/mol. The van der Waals surface area contributed by atoms with E-state index in [2.05, 4.69) is 92.7 Å². The molecule has 0 heterocycles. The van der Waals surface area contributed by atoms with Crippen LogP contribution >= 0.6 is 0 Å². The highest BCUT2D eigenvalue weighted by Gasteiger charge is 2.40. The van der Waals surface area contributed by atoms with Crippen LogP contribution in [0.2, 0.25) is 0 Å². The molecule has 4 aromatic rings. The molecule has 0 saturated carbocycles. The summed E-state index contributed by atoms with van der Waals surface area (Å²) in [6.45, 7) is 4.92. The Balaban J connectivity index is 1.36. The Bertz CT molecular complexity index is 1490. The molecule has 0 radical (unpaired) electrons. The van der Waals surface area contributed by atoms with Crippen LogP contribution in [0.15, 0.2) is 109 Å². The lowest BCUT2D eigenvalue weighted by molar-refractivity contribution is -0.129. The van der Waals surface area contributed by atoms with Crippen molar-refractivity contribution >= 4 is 0 Å². The number of rotatable bonds is 27. The van der Waals surface area contributed by atoms with Gasteiger partial charge < -0.3 is 9.47 Å². The van der Waals surface area contributed by atoms with Crippen LogP contribution in [-0.2, 0) is 21.7 Å². The number of benzene rings is 4. The Labute approximate surface area is 321 Å². The van der Waals surface area contributed by atoms with Gasteiger partial charge in [0.1, 0.15) is 11.4 Å². The second-order valence-electron chi connectivity index (χ2n) is 15.2. The molecule has 1 atom stereocenters. The molecule has 0 N–H and O–H groups in total. The van der Waals surface area contributed by atoms with Gasteiger partial charge in [0.15, 0.2) is 0 Å². The smallest absolute Gasteiger partial charge is 0.143 e. The summed E-state index contributed by atoms with van der Waals surface area (Å²) in [5.41, 5.74) is 2.55. The minimum absolute atomic E-state index is 0.195. The molecule has 284 valence electrons. The largest absolute Gasteiger partial charge is 0.368 e. The molecule has 0 aromatic heterocycles. The van der Waals surface area contributed by atoms with E-state index >= 15 is 0 Å². The molecule has 0 bridgehead atoms. The van der Waals surface area contributed by atoms with Gasteiger partial charge in [0.05, 0.1) is 30.4 Å². The molecule has 4 heteroatoms. The highest BCUT2D eigenvalue weighted by Crippen LogP contribution is 2.42. The van der Waals surface area contributed by atoms with Gasteiger partial charge in [0.25, 0.3) is 0 Å². The average Bonchev–Trinajstić information content (AvgIpc) is 3.19. The molecule has 0 aliphatic carbocycles. The van der Waals surface area contributed by atoms with Gasteiger partial charge in [-0.3, -0.25) is 0 Å². The quantitative estimate of drug-likeness (QED) is 0.0455. The fourth-order valence-electron chi connectivity index (χ4n) is 7.50. The molecule has 0 spiro atoms. The summed E-state index contributed by atoms with van der Waals surface area (Å²) >= 11 is 0. The molecule has 3 nitrogen and oxygen atoms in total. The molecule has 0 aliphatic rings. The van der Waals surface area contributed by atoms with E-state index in [0.29, 0.717) is 17.7 Å². The van der Waals surface area contributed by atoms with Gasteiger partial charge in [-0.25, -0.2) is 4.39 Å². The zero-order chi connectivity index (χ0) is 37.5. The maximum atomic E-state index is 14.4.